The van der Waals surface area contributed by atoms with Gasteiger partial charge in [-0.05, 0) is 56.8 Å². The van der Waals surface area contributed by atoms with Crippen LogP contribution in [0.3, 0.4) is 0 Å². The fourth-order valence-corrected chi connectivity index (χ4v) is 7.41. The van der Waals surface area contributed by atoms with Crippen molar-refractivity contribution in [1.82, 2.24) is 19.9 Å². The van der Waals surface area contributed by atoms with Gasteiger partial charge in [0.2, 0.25) is 5.95 Å². The number of nitrogens with one attached hydrogen (secondary N) is 1. The summed E-state index contributed by atoms with van der Waals surface area (Å²) >= 11 is 5.95. The summed E-state index contributed by atoms with van der Waals surface area (Å²) in [7, 11) is -1.09. The second-order valence-electron chi connectivity index (χ2n) is 10.1. The maximum absolute atomic E-state index is 12.9. The Balaban J connectivity index is 1.24. The highest BCUT2D eigenvalue weighted by molar-refractivity contribution is 7.85. The summed E-state index contributed by atoms with van der Waals surface area (Å²) in [5, 5.41) is 14.1. The Morgan fingerprint density at radius 2 is 1.88 bits per heavy atom. The van der Waals surface area contributed by atoms with Crippen LogP contribution in [0, 0.1) is 11.8 Å². The van der Waals surface area contributed by atoms with Gasteiger partial charge in [-0.15, -0.1) is 0 Å². The molecule has 4 aliphatic rings. The summed E-state index contributed by atoms with van der Waals surface area (Å²) in [5.74, 6) is 4.46. The maximum atomic E-state index is 12.9. The van der Waals surface area contributed by atoms with E-state index in [1.165, 1.54) is 0 Å². The van der Waals surface area contributed by atoms with Gasteiger partial charge in [0.15, 0.2) is 0 Å². The van der Waals surface area contributed by atoms with E-state index in [-0.39, 0.29) is 12.1 Å². The van der Waals surface area contributed by atoms with Crippen LogP contribution in [-0.2, 0) is 17.2 Å². The highest BCUT2D eigenvalue weighted by Crippen LogP contribution is 2.46. The zero-order chi connectivity index (χ0) is 22.6. The van der Waals surface area contributed by atoms with Gasteiger partial charge in [0.25, 0.3) is 0 Å². The number of aliphatic hydroxyl groups is 1. The third-order valence-corrected chi connectivity index (χ3v) is 9.67. The molecule has 0 aromatic carbocycles. The molecule has 2 N–H and O–H groups in total. The van der Waals surface area contributed by atoms with Crippen molar-refractivity contribution in [3.63, 3.8) is 0 Å². The highest BCUT2D eigenvalue weighted by Gasteiger charge is 2.44. The first-order valence-electron chi connectivity index (χ1n) is 11.9. The fourth-order valence-electron chi connectivity index (χ4n) is 5.98. The molecule has 2 aromatic heterocycles. The number of aliphatic hydroxyl groups excluding tert-OH is 1. The number of halogens is 1. The van der Waals surface area contributed by atoms with Crippen molar-refractivity contribution in [1.29, 1.82) is 0 Å². The zero-order valence-electron chi connectivity index (χ0n) is 18.5. The summed E-state index contributed by atoms with van der Waals surface area (Å²) < 4.78 is 12.9. The average molecular weight is 489 g/mol. The topological polar surface area (TPSA) is 104 Å². The van der Waals surface area contributed by atoms with Crippen LogP contribution >= 0.6 is 11.6 Å². The molecule has 4 heterocycles. The zero-order valence-corrected chi connectivity index (χ0v) is 20.1. The molecule has 2 aliphatic heterocycles. The van der Waals surface area contributed by atoms with Crippen LogP contribution in [0.25, 0.3) is 0 Å². The molecule has 2 aromatic rings. The summed E-state index contributed by atoms with van der Waals surface area (Å²) in [6, 6.07) is 0. The van der Waals surface area contributed by atoms with Crippen LogP contribution in [0.15, 0.2) is 17.3 Å². The maximum Gasteiger partial charge on any atom is 0.227 e. The summed E-state index contributed by atoms with van der Waals surface area (Å²) in [4.78, 5) is 21.8. The number of rotatable bonds is 5. The Morgan fingerprint density at radius 1 is 1.15 bits per heavy atom. The van der Waals surface area contributed by atoms with Gasteiger partial charge < -0.3 is 15.3 Å². The van der Waals surface area contributed by atoms with Crippen LogP contribution in [0.5, 0.6) is 0 Å². The van der Waals surface area contributed by atoms with E-state index >= 15 is 0 Å². The Morgan fingerprint density at radius 3 is 2.52 bits per heavy atom. The van der Waals surface area contributed by atoms with Crippen molar-refractivity contribution in [2.75, 3.05) is 35.7 Å². The fraction of sp³-hybridized carbons (Fsp3) is 0.652. The standard InChI is InChI=1S/C23H29ClN6O2S/c24-17-9-25-20(26-10-17)14-7-15-11-30(12-16(15)8-14)22-27-18-3-1-6-33(32)19(18)21(28-22)29-23(13-31)4-2-5-23/h9-10,14-16,31H,1-8,11-13H2,(H,27,28,29). The molecule has 0 spiro atoms. The van der Waals surface area contributed by atoms with Crippen molar-refractivity contribution in [2.45, 2.75) is 61.3 Å². The molecule has 176 valence electrons. The molecular formula is C23H29ClN6O2S. The lowest BCUT2D eigenvalue weighted by atomic mass is 9.77. The number of aryl methyl sites for hydroxylation is 1. The van der Waals surface area contributed by atoms with E-state index in [0.717, 1.165) is 80.4 Å². The van der Waals surface area contributed by atoms with Gasteiger partial charge in [-0.25, -0.2) is 15.0 Å². The number of hydrogen-bond acceptors (Lipinski definition) is 8. The quantitative estimate of drug-likeness (QED) is 0.662. The lowest BCUT2D eigenvalue weighted by Crippen LogP contribution is -2.49. The summed E-state index contributed by atoms with van der Waals surface area (Å²) in [5.41, 5.74) is 0.568. The van der Waals surface area contributed by atoms with Crippen LogP contribution in [-0.4, -0.2) is 60.2 Å². The molecule has 3 atom stereocenters. The first kappa shape index (κ1) is 21.7. The molecule has 8 nitrogen and oxygen atoms in total. The van der Waals surface area contributed by atoms with Crippen LogP contribution < -0.4 is 10.2 Å². The Labute approximate surface area is 201 Å². The SMILES string of the molecule is O=S1CCCc2nc(N3CC4CC(c5ncc(Cl)cn5)CC4C3)nc(NC3(CO)CCC3)c21. The third-order valence-electron chi connectivity index (χ3n) is 7.93. The van der Waals surface area contributed by atoms with Gasteiger partial charge in [0.1, 0.15) is 16.5 Å². The number of nitrogens with zero attached hydrogens (tertiary/aromatic N) is 5. The lowest BCUT2D eigenvalue weighted by Gasteiger charge is -2.42. The van der Waals surface area contributed by atoms with Crippen molar-refractivity contribution in [3.8, 4) is 0 Å². The number of anilines is 2. The van der Waals surface area contributed by atoms with Gasteiger partial charge in [0.05, 0.1) is 33.7 Å². The van der Waals surface area contributed by atoms with Crippen LogP contribution in [0.4, 0.5) is 11.8 Å². The largest absolute Gasteiger partial charge is 0.394 e. The summed E-state index contributed by atoms with van der Waals surface area (Å²) in [6.45, 7) is 1.90. The van der Waals surface area contributed by atoms with Gasteiger partial charge in [-0.1, -0.05) is 11.6 Å². The molecule has 33 heavy (non-hydrogen) atoms. The van der Waals surface area contributed by atoms with Crippen molar-refractivity contribution in [2.24, 2.45) is 11.8 Å². The first-order chi connectivity index (χ1) is 16.0. The lowest BCUT2D eigenvalue weighted by molar-refractivity contribution is 0.143. The van der Waals surface area contributed by atoms with Gasteiger partial charge in [0, 0.05) is 37.2 Å². The van der Waals surface area contributed by atoms with Crippen molar-refractivity contribution >= 4 is 34.2 Å². The van der Waals surface area contributed by atoms with E-state index in [4.69, 9.17) is 21.6 Å². The number of hydrogen-bond donors (Lipinski definition) is 2. The number of aromatic nitrogens is 4. The van der Waals surface area contributed by atoms with Crippen molar-refractivity contribution in [3.05, 3.63) is 28.9 Å². The van der Waals surface area contributed by atoms with E-state index in [1.54, 1.807) is 12.4 Å². The Kier molecular flexibility index (Phi) is 5.54. The Hall–Kier alpha value is -1.84. The van der Waals surface area contributed by atoms with Crippen LogP contribution in [0.2, 0.25) is 5.02 Å². The third kappa shape index (κ3) is 3.91. The highest BCUT2D eigenvalue weighted by atomic mass is 35.5. The van der Waals surface area contributed by atoms with Gasteiger partial charge in [-0.3, -0.25) is 4.21 Å². The molecule has 0 radical (unpaired) electrons. The van der Waals surface area contributed by atoms with E-state index in [9.17, 15) is 9.32 Å². The van der Waals surface area contributed by atoms with Gasteiger partial charge in [-0.2, -0.15) is 4.98 Å². The smallest absolute Gasteiger partial charge is 0.227 e. The second-order valence-corrected chi connectivity index (χ2v) is 12.0. The summed E-state index contributed by atoms with van der Waals surface area (Å²) in [6.07, 6.45) is 10.1. The van der Waals surface area contributed by atoms with Gasteiger partial charge >= 0.3 is 0 Å². The molecule has 0 bridgehead atoms. The minimum Gasteiger partial charge on any atom is -0.394 e. The average Bonchev–Trinajstić information content (AvgIpc) is 3.36. The second kappa shape index (κ2) is 8.43. The van der Waals surface area contributed by atoms with E-state index in [2.05, 4.69) is 20.2 Å². The van der Waals surface area contributed by atoms with E-state index in [1.807, 2.05) is 0 Å². The molecule has 3 fully saturated rings. The predicted octanol–water partition coefficient (Wildman–Crippen LogP) is 2.93. The normalized spacial score (nSPS) is 29.9. The molecule has 6 rings (SSSR count). The molecule has 3 unspecified atom stereocenters. The molecule has 2 aliphatic carbocycles. The first-order valence-corrected chi connectivity index (χ1v) is 13.6. The molecule has 10 heteroatoms. The predicted molar refractivity (Wildman–Crippen MR) is 127 cm³/mol. The number of fused-ring (bicyclic) bond motifs is 2. The molecule has 2 saturated carbocycles. The molecule has 0 amide bonds. The van der Waals surface area contributed by atoms with E-state index in [0.29, 0.717) is 34.3 Å². The Bertz CT molecular complexity index is 1060. The van der Waals surface area contributed by atoms with Crippen molar-refractivity contribution < 1.29 is 9.32 Å². The monoisotopic (exact) mass is 488 g/mol. The van der Waals surface area contributed by atoms with E-state index < -0.39 is 10.8 Å². The minimum absolute atomic E-state index is 0.0652. The minimum atomic E-state index is -1.09. The molecular weight excluding hydrogens is 460 g/mol. The van der Waals surface area contributed by atoms with Crippen LogP contribution in [0.1, 0.15) is 56.0 Å². The molecule has 1 saturated heterocycles.